The fraction of sp³-hybridized carbons (Fsp3) is 0.0625. The minimum Gasteiger partial charge on any atom is -0.508 e. The van der Waals surface area contributed by atoms with E-state index in [1.165, 1.54) is 18.2 Å². The number of amides is 1. The minimum atomic E-state index is -0.243. The highest BCUT2D eigenvalue weighted by Gasteiger charge is 2.01. The molecule has 2 aromatic carbocycles. The molecular weight excluding hydrogens is 334 g/mol. The molecule has 0 fully saturated rings. The monoisotopic (exact) mass is 347 g/mol. The summed E-state index contributed by atoms with van der Waals surface area (Å²) in [5.74, 6) is 0.653. The molecule has 2 N–H and O–H groups in total. The molecule has 0 saturated heterocycles. The van der Waals surface area contributed by atoms with Crippen LogP contribution in [0.15, 0.2) is 53.0 Å². The second-order valence-corrected chi connectivity index (χ2v) is 5.12. The Labute approximate surface area is 131 Å². The highest BCUT2D eigenvalue weighted by molar-refractivity contribution is 9.10. The minimum absolute atomic E-state index is 0.159. The first-order valence-corrected chi connectivity index (χ1v) is 6.99. The molecule has 0 saturated carbocycles. The van der Waals surface area contributed by atoms with Crippen LogP contribution in [0.4, 0.5) is 5.69 Å². The number of carbonyl (C=O) groups is 1. The van der Waals surface area contributed by atoms with Crippen molar-refractivity contribution in [3.8, 4) is 11.5 Å². The lowest BCUT2D eigenvalue weighted by atomic mass is 10.2. The summed E-state index contributed by atoms with van der Waals surface area (Å²) in [6, 6.07) is 11.8. The zero-order valence-electron chi connectivity index (χ0n) is 11.3. The number of phenols is 1. The Hall–Kier alpha value is -2.27. The van der Waals surface area contributed by atoms with Crippen LogP contribution in [0.5, 0.6) is 11.5 Å². The van der Waals surface area contributed by atoms with E-state index in [0.29, 0.717) is 5.69 Å². The molecule has 0 heterocycles. The van der Waals surface area contributed by atoms with Crippen LogP contribution in [0.25, 0.3) is 6.08 Å². The number of phenolic OH excluding ortho intramolecular Hbond substituents is 1. The molecular formula is C16H14BrNO3. The number of halogens is 1. The number of hydrogen-bond acceptors (Lipinski definition) is 3. The predicted octanol–water partition coefficient (Wildman–Crippen LogP) is 3.82. The lowest BCUT2D eigenvalue weighted by Crippen LogP contribution is -2.07. The maximum atomic E-state index is 11.8. The van der Waals surface area contributed by atoms with Crippen LogP contribution in [0.3, 0.4) is 0 Å². The number of benzene rings is 2. The SMILES string of the molecule is COc1ccc(/C=C/C(=O)Nc2ccc(O)cc2)cc1Br. The van der Waals surface area contributed by atoms with Gasteiger partial charge in [0.1, 0.15) is 11.5 Å². The van der Waals surface area contributed by atoms with Crippen molar-refractivity contribution < 1.29 is 14.6 Å². The summed E-state index contributed by atoms with van der Waals surface area (Å²) in [7, 11) is 1.60. The molecule has 2 rings (SSSR count). The van der Waals surface area contributed by atoms with Gasteiger partial charge < -0.3 is 15.2 Å². The summed E-state index contributed by atoms with van der Waals surface area (Å²) in [4.78, 5) is 11.8. The number of aromatic hydroxyl groups is 1. The molecule has 0 atom stereocenters. The van der Waals surface area contributed by atoms with Crippen LogP contribution in [0.2, 0.25) is 0 Å². The van der Waals surface area contributed by atoms with Crippen LogP contribution in [-0.4, -0.2) is 18.1 Å². The van der Waals surface area contributed by atoms with Gasteiger partial charge in [-0.1, -0.05) is 6.07 Å². The normalized spacial score (nSPS) is 10.6. The van der Waals surface area contributed by atoms with Crippen molar-refractivity contribution in [2.24, 2.45) is 0 Å². The van der Waals surface area contributed by atoms with Crippen molar-refractivity contribution >= 4 is 33.6 Å². The zero-order chi connectivity index (χ0) is 15.2. The molecule has 1 amide bonds. The molecule has 2 aromatic rings. The summed E-state index contributed by atoms with van der Waals surface area (Å²) in [5, 5.41) is 11.9. The Morgan fingerprint density at radius 2 is 1.95 bits per heavy atom. The van der Waals surface area contributed by atoms with Gasteiger partial charge in [0.15, 0.2) is 0 Å². The lowest BCUT2D eigenvalue weighted by molar-refractivity contribution is -0.111. The maximum Gasteiger partial charge on any atom is 0.248 e. The quantitative estimate of drug-likeness (QED) is 0.652. The smallest absolute Gasteiger partial charge is 0.248 e. The molecule has 0 radical (unpaired) electrons. The number of rotatable bonds is 4. The van der Waals surface area contributed by atoms with Gasteiger partial charge in [-0.25, -0.2) is 0 Å². The van der Waals surface area contributed by atoms with E-state index in [1.807, 2.05) is 18.2 Å². The molecule has 0 bridgehead atoms. The van der Waals surface area contributed by atoms with E-state index in [0.717, 1.165) is 15.8 Å². The van der Waals surface area contributed by atoms with E-state index in [4.69, 9.17) is 4.74 Å². The summed E-state index contributed by atoms with van der Waals surface area (Å²) in [6.45, 7) is 0. The maximum absolute atomic E-state index is 11.8. The third kappa shape index (κ3) is 4.36. The Morgan fingerprint density at radius 3 is 2.57 bits per heavy atom. The number of methoxy groups -OCH3 is 1. The van der Waals surface area contributed by atoms with E-state index in [2.05, 4.69) is 21.2 Å². The standard InChI is InChI=1S/C16H14BrNO3/c1-21-15-8-2-11(10-14(15)17)3-9-16(20)18-12-4-6-13(19)7-5-12/h2-10,19H,1H3,(H,18,20)/b9-3+. The predicted molar refractivity (Wildman–Crippen MR) is 86.5 cm³/mol. The molecule has 0 aliphatic heterocycles. The molecule has 0 unspecified atom stereocenters. The third-order valence-electron chi connectivity index (χ3n) is 2.74. The highest BCUT2D eigenvalue weighted by atomic mass is 79.9. The topological polar surface area (TPSA) is 58.6 Å². The number of hydrogen-bond donors (Lipinski definition) is 2. The van der Waals surface area contributed by atoms with Crippen LogP contribution < -0.4 is 10.1 Å². The molecule has 5 heteroatoms. The Bertz CT molecular complexity index is 666. The molecule has 4 nitrogen and oxygen atoms in total. The van der Waals surface area contributed by atoms with Crippen LogP contribution in [0, 0.1) is 0 Å². The van der Waals surface area contributed by atoms with Gasteiger partial charge in [-0.3, -0.25) is 4.79 Å². The van der Waals surface area contributed by atoms with Crippen molar-refractivity contribution in [2.45, 2.75) is 0 Å². The Morgan fingerprint density at radius 1 is 1.24 bits per heavy atom. The molecule has 0 spiro atoms. The lowest BCUT2D eigenvalue weighted by Gasteiger charge is -2.04. The first-order valence-electron chi connectivity index (χ1n) is 6.20. The average molecular weight is 348 g/mol. The highest BCUT2D eigenvalue weighted by Crippen LogP contribution is 2.26. The number of anilines is 1. The van der Waals surface area contributed by atoms with Crippen LogP contribution >= 0.6 is 15.9 Å². The summed E-state index contributed by atoms with van der Waals surface area (Å²) < 4.78 is 5.97. The van der Waals surface area contributed by atoms with Crippen LogP contribution in [-0.2, 0) is 4.79 Å². The molecule has 0 aliphatic rings. The van der Waals surface area contributed by atoms with Gasteiger partial charge >= 0.3 is 0 Å². The first-order chi connectivity index (χ1) is 10.1. The number of ether oxygens (including phenoxy) is 1. The van der Waals surface area contributed by atoms with Gasteiger partial charge in [0.2, 0.25) is 5.91 Å². The molecule has 21 heavy (non-hydrogen) atoms. The van der Waals surface area contributed by atoms with Gasteiger partial charge in [-0.15, -0.1) is 0 Å². The fourth-order valence-electron chi connectivity index (χ4n) is 1.69. The summed E-state index contributed by atoms with van der Waals surface area (Å²) >= 11 is 3.39. The second kappa shape index (κ2) is 6.95. The van der Waals surface area contributed by atoms with E-state index >= 15 is 0 Å². The van der Waals surface area contributed by atoms with Crippen molar-refractivity contribution in [3.63, 3.8) is 0 Å². The van der Waals surface area contributed by atoms with Crippen molar-refractivity contribution in [1.29, 1.82) is 0 Å². The van der Waals surface area contributed by atoms with E-state index in [9.17, 15) is 9.90 Å². The van der Waals surface area contributed by atoms with Gasteiger partial charge in [0.05, 0.1) is 11.6 Å². The number of nitrogens with one attached hydrogen (secondary N) is 1. The van der Waals surface area contributed by atoms with Crippen LogP contribution in [0.1, 0.15) is 5.56 Å². The average Bonchev–Trinajstić information content (AvgIpc) is 2.48. The second-order valence-electron chi connectivity index (χ2n) is 4.26. The van der Waals surface area contributed by atoms with Crippen molar-refractivity contribution in [1.82, 2.24) is 0 Å². The Kier molecular flexibility index (Phi) is 5.00. The van der Waals surface area contributed by atoms with E-state index < -0.39 is 0 Å². The summed E-state index contributed by atoms with van der Waals surface area (Å²) in [6.07, 6.45) is 3.15. The van der Waals surface area contributed by atoms with Crippen molar-refractivity contribution in [2.75, 3.05) is 12.4 Å². The van der Waals surface area contributed by atoms with E-state index in [-0.39, 0.29) is 11.7 Å². The third-order valence-corrected chi connectivity index (χ3v) is 3.36. The zero-order valence-corrected chi connectivity index (χ0v) is 12.9. The first kappa shape index (κ1) is 15.1. The van der Waals surface area contributed by atoms with Gasteiger partial charge in [0.25, 0.3) is 0 Å². The molecule has 0 aromatic heterocycles. The fourth-order valence-corrected chi connectivity index (χ4v) is 2.25. The van der Waals surface area contributed by atoms with Gasteiger partial charge in [0, 0.05) is 11.8 Å². The number of carbonyl (C=O) groups excluding carboxylic acids is 1. The summed E-state index contributed by atoms with van der Waals surface area (Å²) in [5.41, 5.74) is 1.50. The van der Waals surface area contributed by atoms with Gasteiger partial charge in [-0.05, 0) is 64.0 Å². The Balaban J connectivity index is 2.01. The molecule has 0 aliphatic carbocycles. The van der Waals surface area contributed by atoms with Gasteiger partial charge in [-0.2, -0.15) is 0 Å². The van der Waals surface area contributed by atoms with Crippen molar-refractivity contribution in [3.05, 3.63) is 58.6 Å². The largest absolute Gasteiger partial charge is 0.508 e. The van der Waals surface area contributed by atoms with E-state index in [1.54, 1.807) is 25.3 Å². The molecule has 108 valence electrons.